The zero-order valence-corrected chi connectivity index (χ0v) is 11.5. The first kappa shape index (κ1) is 14.8. The number of nitrogens with one attached hydrogen (secondary N) is 1. The number of hydrogen-bond acceptors (Lipinski definition) is 1. The molecule has 0 spiro atoms. The smallest absolute Gasteiger partial charge is 0.310 e. The maximum absolute atomic E-state index is 12.0. The number of alkyl halides is 3. The van der Waals surface area contributed by atoms with Crippen LogP contribution >= 0.6 is 27.5 Å². The van der Waals surface area contributed by atoms with E-state index in [2.05, 4.69) is 21.2 Å². The molecule has 6 heteroatoms. The standard InChI is InChI=1S/C11H12BrClF3N/c1-7(17-5-4-11(14,15)16)9-3-2-8(12)6-10(9)13/h2-3,6-7,17H,4-5H2,1H3. The van der Waals surface area contributed by atoms with Gasteiger partial charge < -0.3 is 5.32 Å². The van der Waals surface area contributed by atoms with Gasteiger partial charge in [-0.05, 0) is 24.6 Å². The largest absolute Gasteiger partial charge is 0.390 e. The first-order chi connectivity index (χ1) is 7.79. The molecule has 0 amide bonds. The van der Waals surface area contributed by atoms with Gasteiger partial charge in [0.15, 0.2) is 0 Å². The van der Waals surface area contributed by atoms with Crippen molar-refractivity contribution in [2.45, 2.75) is 25.6 Å². The van der Waals surface area contributed by atoms with Gasteiger partial charge in [-0.15, -0.1) is 0 Å². The molecule has 1 atom stereocenters. The summed E-state index contributed by atoms with van der Waals surface area (Å²) < 4.78 is 36.7. The number of hydrogen-bond donors (Lipinski definition) is 1. The van der Waals surface area contributed by atoms with Gasteiger partial charge in [0.25, 0.3) is 0 Å². The van der Waals surface area contributed by atoms with Crippen LogP contribution in [0, 0.1) is 0 Å². The second-order valence-electron chi connectivity index (χ2n) is 3.71. The van der Waals surface area contributed by atoms with Crippen molar-refractivity contribution in [1.29, 1.82) is 0 Å². The Labute approximate surface area is 111 Å². The summed E-state index contributed by atoms with van der Waals surface area (Å²) in [4.78, 5) is 0. The van der Waals surface area contributed by atoms with E-state index in [9.17, 15) is 13.2 Å². The van der Waals surface area contributed by atoms with Crippen LogP contribution in [0.15, 0.2) is 22.7 Å². The summed E-state index contributed by atoms with van der Waals surface area (Å²) in [7, 11) is 0. The zero-order chi connectivity index (χ0) is 13.1. The molecule has 1 aromatic carbocycles. The van der Waals surface area contributed by atoms with E-state index in [-0.39, 0.29) is 12.6 Å². The van der Waals surface area contributed by atoms with Crippen LogP contribution in [0.25, 0.3) is 0 Å². The van der Waals surface area contributed by atoms with Gasteiger partial charge in [-0.2, -0.15) is 13.2 Å². The Morgan fingerprint density at radius 1 is 1.41 bits per heavy atom. The molecule has 0 aromatic heterocycles. The predicted octanol–water partition coefficient (Wildman–Crippen LogP) is 4.71. The number of halogens is 5. The first-order valence-electron chi connectivity index (χ1n) is 5.04. The van der Waals surface area contributed by atoms with Crippen LogP contribution in [0.5, 0.6) is 0 Å². The summed E-state index contributed by atoms with van der Waals surface area (Å²) in [5, 5.41) is 3.33. The van der Waals surface area contributed by atoms with E-state index in [1.54, 1.807) is 19.1 Å². The fourth-order valence-corrected chi connectivity index (χ4v) is 2.23. The molecule has 0 radical (unpaired) electrons. The van der Waals surface area contributed by atoms with Gasteiger partial charge in [-0.25, -0.2) is 0 Å². The van der Waals surface area contributed by atoms with Crippen molar-refractivity contribution in [3.63, 3.8) is 0 Å². The minimum atomic E-state index is -4.13. The Morgan fingerprint density at radius 2 is 2.06 bits per heavy atom. The van der Waals surface area contributed by atoms with Crippen molar-refractivity contribution < 1.29 is 13.2 Å². The van der Waals surface area contributed by atoms with Crippen molar-refractivity contribution in [1.82, 2.24) is 5.32 Å². The van der Waals surface area contributed by atoms with E-state index < -0.39 is 12.6 Å². The Hall–Kier alpha value is -0.260. The first-order valence-corrected chi connectivity index (χ1v) is 6.22. The monoisotopic (exact) mass is 329 g/mol. The number of rotatable bonds is 4. The average molecular weight is 331 g/mol. The predicted molar refractivity (Wildman–Crippen MR) is 66.2 cm³/mol. The van der Waals surface area contributed by atoms with E-state index in [4.69, 9.17) is 11.6 Å². The SMILES string of the molecule is CC(NCCC(F)(F)F)c1ccc(Br)cc1Cl. The molecule has 0 aliphatic heterocycles. The molecular weight excluding hydrogens is 318 g/mol. The van der Waals surface area contributed by atoms with Gasteiger partial charge >= 0.3 is 6.18 Å². The Balaban J connectivity index is 2.55. The summed E-state index contributed by atoms with van der Waals surface area (Å²) in [6, 6.07) is 5.11. The fraction of sp³-hybridized carbons (Fsp3) is 0.455. The maximum Gasteiger partial charge on any atom is 0.390 e. The Morgan fingerprint density at radius 3 is 2.59 bits per heavy atom. The molecule has 0 heterocycles. The van der Waals surface area contributed by atoms with E-state index in [1.165, 1.54) is 0 Å². The summed E-state index contributed by atoms with van der Waals surface area (Å²) >= 11 is 9.27. The maximum atomic E-state index is 12.0. The van der Waals surface area contributed by atoms with Crippen LogP contribution < -0.4 is 5.32 Å². The highest BCUT2D eigenvalue weighted by Crippen LogP contribution is 2.26. The number of benzene rings is 1. The van der Waals surface area contributed by atoms with Crippen LogP contribution in [0.4, 0.5) is 13.2 Å². The lowest BCUT2D eigenvalue weighted by Gasteiger charge is -2.16. The van der Waals surface area contributed by atoms with Crippen LogP contribution in [0.3, 0.4) is 0 Å². The Kier molecular flexibility index (Phi) is 5.28. The van der Waals surface area contributed by atoms with Crippen molar-refractivity contribution >= 4 is 27.5 Å². The molecule has 1 unspecified atom stereocenters. The van der Waals surface area contributed by atoms with Gasteiger partial charge in [0.2, 0.25) is 0 Å². The third kappa shape index (κ3) is 5.27. The molecule has 0 aliphatic carbocycles. The summed E-state index contributed by atoms with van der Waals surface area (Å²) in [5.74, 6) is 0. The second kappa shape index (κ2) is 6.07. The van der Waals surface area contributed by atoms with E-state index in [0.717, 1.165) is 10.0 Å². The summed E-state index contributed by atoms with van der Waals surface area (Å²) in [5.41, 5.74) is 0.789. The van der Waals surface area contributed by atoms with Gasteiger partial charge in [0.05, 0.1) is 6.42 Å². The van der Waals surface area contributed by atoms with Gasteiger partial charge in [0, 0.05) is 22.1 Å². The van der Waals surface area contributed by atoms with Crippen molar-refractivity contribution in [3.05, 3.63) is 33.3 Å². The normalized spacial score (nSPS) is 13.8. The minimum Gasteiger partial charge on any atom is -0.310 e. The van der Waals surface area contributed by atoms with Gasteiger partial charge in [-0.1, -0.05) is 33.6 Å². The van der Waals surface area contributed by atoms with E-state index >= 15 is 0 Å². The van der Waals surface area contributed by atoms with Crippen LogP contribution in [0.2, 0.25) is 5.02 Å². The van der Waals surface area contributed by atoms with E-state index in [1.807, 2.05) is 6.07 Å². The molecule has 0 saturated carbocycles. The second-order valence-corrected chi connectivity index (χ2v) is 5.03. The van der Waals surface area contributed by atoms with Crippen molar-refractivity contribution in [2.24, 2.45) is 0 Å². The van der Waals surface area contributed by atoms with Crippen molar-refractivity contribution in [3.8, 4) is 0 Å². The lowest BCUT2D eigenvalue weighted by Crippen LogP contribution is -2.24. The molecular formula is C11H12BrClF3N. The third-order valence-corrected chi connectivity index (χ3v) is 3.11. The van der Waals surface area contributed by atoms with Crippen LogP contribution in [-0.2, 0) is 0 Å². The lowest BCUT2D eigenvalue weighted by atomic mass is 10.1. The molecule has 0 saturated heterocycles. The molecule has 1 nitrogen and oxygen atoms in total. The third-order valence-electron chi connectivity index (χ3n) is 2.29. The Bertz CT molecular complexity index is 381. The molecule has 0 bridgehead atoms. The topological polar surface area (TPSA) is 12.0 Å². The highest BCUT2D eigenvalue weighted by Gasteiger charge is 2.26. The highest BCUT2D eigenvalue weighted by atomic mass is 79.9. The molecule has 96 valence electrons. The molecule has 17 heavy (non-hydrogen) atoms. The molecule has 1 aromatic rings. The van der Waals surface area contributed by atoms with Gasteiger partial charge in [-0.3, -0.25) is 0 Å². The summed E-state index contributed by atoms with van der Waals surface area (Å²) in [6.07, 6.45) is -4.97. The van der Waals surface area contributed by atoms with Crippen LogP contribution in [0.1, 0.15) is 24.9 Å². The molecule has 1 N–H and O–H groups in total. The van der Waals surface area contributed by atoms with E-state index in [0.29, 0.717) is 5.02 Å². The molecule has 0 aliphatic rings. The van der Waals surface area contributed by atoms with Crippen LogP contribution in [-0.4, -0.2) is 12.7 Å². The molecule has 0 fully saturated rings. The average Bonchev–Trinajstić information content (AvgIpc) is 2.15. The quantitative estimate of drug-likeness (QED) is 0.843. The highest BCUT2D eigenvalue weighted by molar-refractivity contribution is 9.10. The lowest BCUT2D eigenvalue weighted by molar-refractivity contribution is -0.133. The fourth-order valence-electron chi connectivity index (χ4n) is 1.39. The summed E-state index contributed by atoms with van der Waals surface area (Å²) in [6.45, 7) is 1.67. The zero-order valence-electron chi connectivity index (χ0n) is 9.11. The van der Waals surface area contributed by atoms with Gasteiger partial charge in [0.1, 0.15) is 0 Å². The van der Waals surface area contributed by atoms with Crippen molar-refractivity contribution in [2.75, 3.05) is 6.54 Å². The minimum absolute atomic E-state index is 0.114. The molecule has 1 rings (SSSR count).